The quantitative estimate of drug-likeness (QED) is 0.677. The van der Waals surface area contributed by atoms with Crippen molar-refractivity contribution in [1.29, 1.82) is 0 Å². The summed E-state index contributed by atoms with van der Waals surface area (Å²) in [4.78, 5) is 2.50. The Balaban J connectivity index is 1.61. The summed E-state index contributed by atoms with van der Waals surface area (Å²) in [5.41, 5.74) is 0.768. The predicted molar refractivity (Wildman–Crippen MR) is 58.2 cm³/mol. The molecule has 0 radical (unpaired) electrons. The molecule has 1 aliphatic carbocycles. The van der Waals surface area contributed by atoms with Crippen LogP contribution < -0.4 is 5.32 Å². The largest absolute Gasteiger partial charge is 0.316 e. The van der Waals surface area contributed by atoms with Crippen LogP contribution in [0.5, 0.6) is 0 Å². The summed E-state index contributed by atoms with van der Waals surface area (Å²) in [7, 11) is 2.27. The first kappa shape index (κ1) is 9.17. The van der Waals surface area contributed by atoms with E-state index in [4.69, 9.17) is 0 Å². The summed E-state index contributed by atoms with van der Waals surface area (Å²) in [5, 5.41) is 3.66. The summed E-state index contributed by atoms with van der Waals surface area (Å²) in [5.74, 6) is 1.97. The molecule has 3 fully saturated rings. The van der Waals surface area contributed by atoms with Crippen LogP contribution in [-0.4, -0.2) is 38.1 Å². The minimum atomic E-state index is 0.768. The van der Waals surface area contributed by atoms with Crippen molar-refractivity contribution in [1.82, 2.24) is 10.2 Å². The third-order valence-corrected chi connectivity index (χ3v) is 4.65. The minimum Gasteiger partial charge on any atom is -0.316 e. The molecule has 2 aliphatic heterocycles. The van der Waals surface area contributed by atoms with Gasteiger partial charge in [-0.15, -0.1) is 0 Å². The number of hydrogen-bond acceptors (Lipinski definition) is 2. The summed E-state index contributed by atoms with van der Waals surface area (Å²) in [6.07, 6.45) is 5.97. The molecular formula is C12H22N2. The molecule has 1 N–H and O–H groups in total. The Kier molecular flexibility index (Phi) is 2.10. The van der Waals surface area contributed by atoms with Crippen LogP contribution in [0.1, 0.15) is 25.7 Å². The smallest absolute Gasteiger partial charge is 0.00102 e. The first-order valence-corrected chi connectivity index (χ1v) is 6.17. The molecular weight excluding hydrogens is 172 g/mol. The maximum absolute atomic E-state index is 3.66. The van der Waals surface area contributed by atoms with Gasteiger partial charge in [-0.3, -0.25) is 0 Å². The first-order chi connectivity index (χ1) is 6.77. The van der Waals surface area contributed by atoms with Gasteiger partial charge in [0, 0.05) is 13.1 Å². The molecule has 1 spiro atoms. The molecule has 1 saturated carbocycles. The molecule has 3 aliphatic rings. The monoisotopic (exact) mass is 194 g/mol. The van der Waals surface area contributed by atoms with Crippen molar-refractivity contribution in [2.24, 2.45) is 17.3 Å². The summed E-state index contributed by atoms with van der Waals surface area (Å²) < 4.78 is 0. The van der Waals surface area contributed by atoms with Crippen molar-refractivity contribution in [3.63, 3.8) is 0 Å². The molecule has 0 bridgehead atoms. The van der Waals surface area contributed by atoms with E-state index in [0.717, 1.165) is 17.3 Å². The molecule has 3 rings (SSSR count). The third kappa shape index (κ3) is 1.59. The van der Waals surface area contributed by atoms with Gasteiger partial charge in [0.15, 0.2) is 0 Å². The fraction of sp³-hybridized carbons (Fsp3) is 1.00. The molecule has 2 nitrogen and oxygen atoms in total. The van der Waals surface area contributed by atoms with Crippen molar-refractivity contribution >= 4 is 0 Å². The molecule has 2 heteroatoms. The van der Waals surface area contributed by atoms with E-state index in [9.17, 15) is 0 Å². The Morgan fingerprint density at radius 1 is 1.29 bits per heavy atom. The lowest BCUT2D eigenvalue weighted by Crippen LogP contribution is -2.41. The average Bonchev–Trinajstić information content (AvgIpc) is 2.78. The highest BCUT2D eigenvalue weighted by Crippen LogP contribution is 2.53. The van der Waals surface area contributed by atoms with E-state index in [2.05, 4.69) is 17.3 Å². The molecule has 0 aromatic carbocycles. The molecule has 0 amide bonds. The van der Waals surface area contributed by atoms with Gasteiger partial charge >= 0.3 is 0 Å². The second-order valence-electron chi connectivity index (χ2n) is 5.91. The van der Waals surface area contributed by atoms with Gasteiger partial charge in [-0.1, -0.05) is 0 Å². The lowest BCUT2D eigenvalue weighted by molar-refractivity contribution is 0.200. The Morgan fingerprint density at radius 3 is 2.79 bits per heavy atom. The normalized spacial score (nSPS) is 41.8. The molecule has 2 heterocycles. The predicted octanol–water partition coefficient (Wildman–Crippen LogP) is 1.33. The average molecular weight is 194 g/mol. The second kappa shape index (κ2) is 3.21. The number of piperidine rings is 1. The van der Waals surface area contributed by atoms with E-state index >= 15 is 0 Å². The van der Waals surface area contributed by atoms with Crippen molar-refractivity contribution in [3.05, 3.63) is 0 Å². The maximum Gasteiger partial charge on any atom is 0.00102 e. The zero-order valence-electron chi connectivity index (χ0n) is 9.26. The zero-order valence-corrected chi connectivity index (χ0v) is 9.26. The van der Waals surface area contributed by atoms with E-state index in [-0.39, 0.29) is 0 Å². The van der Waals surface area contributed by atoms with Gasteiger partial charge in [-0.25, -0.2) is 0 Å². The Labute approximate surface area is 87.0 Å². The summed E-state index contributed by atoms with van der Waals surface area (Å²) >= 11 is 0. The molecule has 0 aromatic heterocycles. The number of rotatable bonds is 1. The standard InChI is InChI=1S/C12H22N2/c1-14-5-2-10(8-14)11-6-12(3-4-12)9-13-7-11/h10-11,13H,2-9H2,1H3. The number of likely N-dealkylation sites (tertiary alicyclic amines) is 1. The van der Waals surface area contributed by atoms with Gasteiger partial charge in [0.1, 0.15) is 0 Å². The Morgan fingerprint density at radius 2 is 2.14 bits per heavy atom. The van der Waals surface area contributed by atoms with E-state index < -0.39 is 0 Å². The van der Waals surface area contributed by atoms with Gasteiger partial charge in [0.05, 0.1) is 0 Å². The van der Waals surface area contributed by atoms with Gasteiger partial charge < -0.3 is 10.2 Å². The van der Waals surface area contributed by atoms with Crippen LogP contribution in [0, 0.1) is 17.3 Å². The number of nitrogens with one attached hydrogen (secondary N) is 1. The minimum absolute atomic E-state index is 0.768. The fourth-order valence-electron chi connectivity index (χ4n) is 3.47. The molecule has 2 atom stereocenters. The fourth-order valence-corrected chi connectivity index (χ4v) is 3.47. The SMILES string of the molecule is CN1CCC(C2CNCC3(CC3)C2)C1. The third-order valence-electron chi connectivity index (χ3n) is 4.65. The van der Waals surface area contributed by atoms with Crippen LogP contribution in [0.15, 0.2) is 0 Å². The lowest BCUT2D eigenvalue weighted by atomic mass is 9.79. The van der Waals surface area contributed by atoms with Crippen molar-refractivity contribution in [3.8, 4) is 0 Å². The molecule has 80 valence electrons. The zero-order chi connectivity index (χ0) is 9.60. The van der Waals surface area contributed by atoms with Crippen molar-refractivity contribution < 1.29 is 0 Å². The van der Waals surface area contributed by atoms with Gasteiger partial charge in [-0.2, -0.15) is 0 Å². The van der Waals surface area contributed by atoms with Crippen LogP contribution in [-0.2, 0) is 0 Å². The van der Waals surface area contributed by atoms with Crippen molar-refractivity contribution in [2.45, 2.75) is 25.7 Å². The van der Waals surface area contributed by atoms with E-state index in [1.54, 1.807) is 0 Å². The van der Waals surface area contributed by atoms with Crippen LogP contribution in [0.25, 0.3) is 0 Å². The molecule has 2 saturated heterocycles. The lowest BCUT2D eigenvalue weighted by Gasteiger charge is -2.33. The molecule has 14 heavy (non-hydrogen) atoms. The molecule has 0 aromatic rings. The van der Waals surface area contributed by atoms with Gasteiger partial charge in [0.25, 0.3) is 0 Å². The summed E-state index contributed by atoms with van der Waals surface area (Å²) in [6, 6.07) is 0. The van der Waals surface area contributed by atoms with E-state index in [0.29, 0.717) is 0 Å². The van der Waals surface area contributed by atoms with Gasteiger partial charge in [-0.05, 0) is 63.1 Å². The van der Waals surface area contributed by atoms with Crippen LogP contribution in [0.4, 0.5) is 0 Å². The topological polar surface area (TPSA) is 15.3 Å². The second-order valence-corrected chi connectivity index (χ2v) is 5.91. The Hall–Kier alpha value is -0.0800. The highest BCUT2D eigenvalue weighted by atomic mass is 15.1. The first-order valence-electron chi connectivity index (χ1n) is 6.17. The van der Waals surface area contributed by atoms with E-state index in [1.165, 1.54) is 51.9 Å². The van der Waals surface area contributed by atoms with Gasteiger partial charge in [0.2, 0.25) is 0 Å². The number of hydrogen-bond donors (Lipinski definition) is 1. The van der Waals surface area contributed by atoms with Crippen LogP contribution in [0.3, 0.4) is 0 Å². The number of nitrogens with zero attached hydrogens (tertiary/aromatic N) is 1. The van der Waals surface area contributed by atoms with Crippen LogP contribution >= 0.6 is 0 Å². The Bertz CT molecular complexity index is 222. The summed E-state index contributed by atoms with van der Waals surface area (Å²) in [6.45, 7) is 5.28. The maximum atomic E-state index is 3.66. The van der Waals surface area contributed by atoms with Crippen LogP contribution in [0.2, 0.25) is 0 Å². The van der Waals surface area contributed by atoms with E-state index in [1.807, 2.05) is 0 Å². The highest BCUT2D eigenvalue weighted by molar-refractivity contribution is 5.01. The molecule has 2 unspecified atom stereocenters. The highest BCUT2D eigenvalue weighted by Gasteiger charge is 2.47. The van der Waals surface area contributed by atoms with Crippen molar-refractivity contribution in [2.75, 3.05) is 33.2 Å².